The van der Waals surface area contributed by atoms with Gasteiger partial charge in [0.25, 0.3) is 0 Å². The molecule has 1 aliphatic heterocycles. The molecule has 26 heavy (non-hydrogen) atoms. The average Bonchev–Trinajstić information content (AvgIpc) is 3.41. The molecule has 0 bridgehead atoms. The van der Waals surface area contributed by atoms with E-state index in [1.807, 2.05) is 43.3 Å². The molecule has 1 heterocycles. The fourth-order valence-corrected chi connectivity index (χ4v) is 3.74. The largest absolute Gasteiger partial charge is 0.334 e. The van der Waals surface area contributed by atoms with Crippen molar-refractivity contribution in [3.63, 3.8) is 0 Å². The minimum absolute atomic E-state index is 0.166. The normalized spacial score (nSPS) is 21.1. The molecule has 134 valence electrons. The lowest BCUT2D eigenvalue weighted by Crippen LogP contribution is -2.35. The van der Waals surface area contributed by atoms with E-state index in [9.17, 15) is 9.59 Å². The van der Waals surface area contributed by atoms with Crippen molar-refractivity contribution in [1.29, 1.82) is 0 Å². The molecule has 2 N–H and O–H groups in total. The average molecular weight is 349 g/mol. The zero-order valence-electron chi connectivity index (χ0n) is 14.9. The minimum Gasteiger partial charge on any atom is -0.334 e. The van der Waals surface area contributed by atoms with Crippen LogP contribution in [0.2, 0.25) is 0 Å². The Morgan fingerprint density at radius 2 is 1.96 bits per heavy atom. The molecular weight excluding hydrogens is 326 g/mol. The molecule has 2 unspecified atom stereocenters. The molecular formula is C21H23N3O2. The number of amides is 3. The molecule has 2 aromatic rings. The maximum atomic E-state index is 12.3. The monoisotopic (exact) mass is 349 g/mol. The second kappa shape index (κ2) is 6.83. The number of nitrogens with one attached hydrogen (secondary N) is 2. The smallest absolute Gasteiger partial charge is 0.319 e. The third-order valence-electron chi connectivity index (χ3n) is 5.19. The predicted molar refractivity (Wildman–Crippen MR) is 103 cm³/mol. The summed E-state index contributed by atoms with van der Waals surface area (Å²) in [5, 5.41) is 5.97. The summed E-state index contributed by atoms with van der Waals surface area (Å²) in [6, 6.07) is 16.1. The lowest BCUT2D eigenvalue weighted by atomic mass is 10.0. The van der Waals surface area contributed by atoms with Crippen LogP contribution in [-0.2, 0) is 11.2 Å². The Balaban J connectivity index is 1.38. The molecule has 0 aromatic heterocycles. The third-order valence-corrected chi connectivity index (χ3v) is 5.19. The first-order chi connectivity index (χ1) is 12.7. The van der Waals surface area contributed by atoms with Gasteiger partial charge in [-0.3, -0.25) is 4.79 Å². The quantitative estimate of drug-likeness (QED) is 0.885. The van der Waals surface area contributed by atoms with Gasteiger partial charge in [-0.05, 0) is 49.1 Å². The van der Waals surface area contributed by atoms with Gasteiger partial charge in [0, 0.05) is 36.3 Å². The fourth-order valence-electron chi connectivity index (χ4n) is 3.74. The van der Waals surface area contributed by atoms with Crippen molar-refractivity contribution in [3.8, 4) is 0 Å². The number of aryl methyl sites for hydroxylation is 1. The summed E-state index contributed by atoms with van der Waals surface area (Å²) in [4.78, 5) is 26.1. The van der Waals surface area contributed by atoms with E-state index in [0.29, 0.717) is 18.9 Å². The van der Waals surface area contributed by atoms with Gasteiger partial charge in [-0.2, -0.15) is 0 Å². The summed E-state index contributed by atoms with van der Waals surface area (Å²) in [7, 11) is 0. The number of fused-ring (bicyclic) bond motifs is 1. The number of hydrogen-bond acceptors (Lipinski definition) is 2. The van der Waals surface area contributed by atoms with Crippen LogP contribution in [0.25, 0.3) is 0 Å². The van der Waals surface area contributed by atoms with Crippen LogP contribution >= 0.6 is 0 Å². The molecule has 1 aliphatic carbocycles. The van der Waals surface area contributed by atoms with Crippen molar-refractivity contribution in [2.24, 2.45) is 0 Å². The van der Waals surface area contributed by atoms with Crippen molar-refractivity contribution in [3.05, 3.63) is 59.7 Å². The maximum absolute atomic E-state index is 12.3. The number of carbonyl (C=O) groups excluding carboxylic acids is 2. The number of anilines is 2. The molecule has 5 heteroatoms. The Bertz CT molecular complexity index is 834. The first-order valence-electron chi connectivity index (χ1n) is 9.21. The second-order valence-electron chi connectivity index (χ2n) is 6.94. The zero-order valence-corrected chi connectivity index (χ0v) is 14.9. The molecule has 2 aromatic carbocycles. The zero-order chi connectivity index (χ0) is 18.1. The van der Waals surface area contributed by atoms with E-state index >= 15 is 0 Å². The van der Waals surface area contributed by atoms with Crippen LogP contribution in [0, 0.1) is 0 Å². The molecule has 2 atom stereocenters. The Hall–Kier alpha value is -2.82. The number of benzene rings is 2. The first-order valence-corrected chi connectivity index (χ1v) is 9.21. The van der Waals surface area contributed by atoms with Gasteiger partial charge in [-0.25, -0.2) is 4.79 Å². The molecule has 4 rings (SSSR count). The van der Waals surface area contributed by atoms with Gasteiger partial charge < -0.3 is 15.5 Å². The molecule has 0 radical (unpaired) electrons. The lowest BCUT2D eigenvalue weighted by Gasteiger charge is -2.28. The van der Waals surface area contributed by atoms with Crippen LogP contribution in [0.1, 0.15) is 36.8 Å². The number of hydrogen-bond donors (Lipinski definition) is 2. The van der Waals surface area contributed by atoms with Gasteiger partial charge in [0.2, 0.25) is 5.91 Å². The van der Waals surface area contributed by atoms with Crippen molar-refractivity contribution in [2.45, 2.75) is 38.1 Å². The van der Waals surface area contributed by atoms with Crippen LogP contribution in [0.4, 0.5) is 16.2 Å². The van der Waals surface area contributed by atoms with Crippen LogP contribution in [0.3, 0.4) is 0 Å². The van der Waals surface area contributed by atoms with E-state index in [4.69, 9.17) is 0 Å². The van der Waals surface area contributed by atoms with Gasteiger partial charge in [-0.1, -0.05) is 30.3 Å². The number of nitrogens with zero attached hydrogens (tertiary/aromatic N) is 1. The van der Waals surface area contributed by atoms with E-state index < -0.39 is 0 Å². The maximum Gasteiger partial charge on any atom is 0.319 e. The number of urea groups is 1. The van der Waals surface area contributed by atoms with Crippen molar-refractivity contribution < 1.29 is 9.59 Å². The van der Waals surface area contributed by atoms with E-state index in [2.05, 4.69) is 22.8 Å². The second-order valence-corrected chi connectivity index (χ2v) is 6.94. The van der Waals surface area contributed by atoms with Crippen LogP contribution < -0.4 is 15.5 Å². The molecule has 2 aliphatic rings. The Kier molecular flexibility index (Phi) is 4.37. The van der Waals surface area contributed by atoms with Gasteiger partial charge >= 0.3 is 6.03 Å². The van der Waals surface area contributed by atoms with Crippen LogP contribution in [-0.4, -0.2) is 24.5 Å². The molecule has 0 spiro atoms. The molecule has 5 nitrogen and oxygen atoms in total. The summed E-state index contributed by atoms with van der Waals surface area (Å²) < 4.78 is 0. The Morgan fingerprint density at radius 1 is 1.15 bits per heavy atom. The van der Waals surface area contributed by atoms with E-state index in [0.717, 1.165) is 29.8 Å². The van der Waals surface area contributed by atoms with Gasteiger partial charge in [0.05, 0.1) is 0 Å². The van der Waals surface area contributed by atoms with Crippen molar-refractivity contribution in [2.75, 3.05) is 16.8 Å². The highest BCUT2D eigenvalue weighted by Crippen LogP contribution is 2.40. The third kappa shape index (κ3) is 3.29. The highest BCUT2D eigenvalue weighted by Gasteiger charge is 2.39. The summed E-state index contributed by atoms with van der Waals surface area (Å²) in [6.45, 7) is 2.65. The molecule has 0 saturated heterocycles. The SMILES string of the molecule is CCN1C(=O)CCc2cc(NC(=O)NC3CC3c3ccccc3)ccc21. The van der Waals surface area contributed by atoms with E-state index in [1.165, 1.54) is 5.56 Å². The summed E-state index contributed by atoms with van der Waals surface area (Å²) >= 11 is 0. The standard InChI is InChI=1S/C21H23N3O2/c1-2-24-19-10-9-16(12-15(19)8-11-20(24)25)22-21(26)23-18-13-17(18)14-6-4-3-5-7-14/h3-7,9-10,12,17-18H,2,8,11,13H2,1H3,(H2,22,23,26). The summed E-state index contributed by atoms with van der Waals surface area (Å²) in [6.07, 6.45) is 2.23. The Morgan fingerprint density at radius 3 is 2.73 bits per heavy atom. The molecule has 1 saturated carbocycles. The van der Waals surface area contributed by atoms with Crippen LogP contribution in [0.5, 0.6) is 0 Å². The summed E-state index contributed by atoms with van der Waals surface area (Å²) in [5.74, 6) is 0.578. The number of rotatable bonds is 4. The van der Waals surface area contributed by atoms with E-state index in [1.54, 1.807) is 4.90 Å². The van der Waals surface area contributed by atoms with Crippen molar-refractivity contribution in [1.82, 2.24) is 5.32 Å². The van der Waals surface area contributed by atoms with Gasteiger partial charge in [0.15, 0.2) is 0 Å². The molecule has 3 amide bonds. The van der Waals surface area contributed by atoms with Gasteiger partial charge in [0.1, 0.15) is 0 Å². The highest BCUT2D eigenvalue weighted by molar-refractivity contribution is 5.97. The highest BCUT2D eigenvalue weighted by atomic mass is 16.2. The fraction of sp³-hybridized carbons (Fsp3) is 0.333. The first kappa shape index (κ1) is 16.6. The minimum atomic E-state index is -0.174. The topological polar surface area (TPSA) is 61.4 Å². The molecule has 1 fully saturated rings. The van der Waals surface area contributed by atoms with E-state index in [-0.39, 0.29) is 18.0 Å². The van der Waals surface area contributed by atoms with Crippen LogP contribution in [0.15, 0.2) is 48.5 Å². The Labute approximate surface area is 153 Å². The van der Waals surface area contributed by atoms with Gasteiger partial charge in [-0.15, -0.1) is 0 Å². The summed E-state index contributed by atoms with van der Waals surface area (Å²) in [5.41, 5.74) is 4.11. The predicted octanol–water partition coefficient (Wildman–Crippen LogP) is 3.66. The lowest BCUT2D eigenvalue weighted by molar-refractivity contribution is -0.118. The number of carbonyl (C=O) groups is 2. The van der Waals surface area contributed by atoms with Crippen molar-refractivity contribution >= 4 is 23.3 Å².